The summed E-state index contributed by atoms with van der Waals surface area (Å²) in [5.41, 5.74) is -1.10. The lowest BCUT2D eigenvalue weighted by Gasteiger charge is -2.45. The van der Waals surface area contributed by atoms with E-state index < -0.39 is 23.6 Å². The first-order valence-electron chi connectivity index (χ1n) is 4.81. The molecule has 0 N–H and O–H groups in total. The van der Waals surface area contributed by atoms with E-state index in [2.05, 4.69) is 4.74 Å². The minimum Gasteiger partial charge on any atom is -0.332 e. The molecule has 1 aliphatic heterocycles. The predicted octanol–water partition coefficient (Wildman–Crippen LogP) is 3.22. The first kappa shape index (κ1) is 10.9. The summed E-state index contributed by atoms with van der Waals surface area (Å²) in [5.74, 6) is -4.86. The molecule has 3 unspecified atom stereocenters. The summed E-state index contributed by atoms with van der Waals surface area (Å²) < 4.78 is 56.3. The average Bonchev–Trinajstić information content (AvgIpc) is 2.44. The van der Waals surface area contributed by atoms with Crippen molar-refractivity contribution in [3.05, 3.63) is 12.2 Å². The highest BCUT2D eigenvalue weighted by Crippen LogP contribution is 2.54. The van der Waals surface area contributed by atoms with Crippen LogP contribution in [0.4, 0.5) is 17.6 Å². The molecule has 5 heteroatoms. The van der Waals surface area contributed by atoms with Crippen molar-refractivity contribution in [2.45, 2.75) is 37.9 Å². The lowest BCUT2D eigenvalue weighted by Crippen LogP contribution is -2.57. The molecule has 3 atom stereocenters. The maximum Gasteiger partial charge on any atom is 0.448 e. The van der Waals surface area contributed by atoms with E-state index in [0.717, 1.165) is 0 Å². The van der Waals surface area contributed by atoms with E-state index >= 15 is 0 Å². The van der Waals surface area contributed by atoms with Gasteiger partial charge in [0.05, 0.1) is 5.60 Å². The van der Waals surface area contributed by atoms with Crippen LogP contribution in [0.5, 0.6) is 0 Å². The minimum absolute atomic E-state index is 0.131. The number of fused-ring (bicyclic) bond motifs is 2. The minimum atomic E-state index is -4.98. The van der Waals surface area contributed by atoms with Gasteiger partial charge in [-0.3, -0.25) is 0 Å². The van der Waals surface area contributed by atoms with Gasteiger partial charge in [0.1, 0.15) is 0 Å². The van der Waals surface area contributed by atoms with Crippen LogP contribution in [0.25, 0.3) is 0 Å². The second-order valence-corrected chi connectivity index (χ2v) is 4.68. The molecule has 2 rings (SSSR count). The zero-order valence-electron chi connectivity index (χ0n) is 8.44. The van der Waals surface area contributed by atoms with Gasteiger partial charge in [-0.2, -0.15) is 13.2 Å². The molecule has 1 heterocycles. The third-order valence-electron chi connectivity index (χ3n) is 3.25. The highest BCUT2D eigenvalue weighted by Gasteiger charge is 2.67. The summed E-state index contributed by atoms with van der Waals surface area (Å²) >= 11 is 0. The SMILES string of the molecule is CC1(C)OC(F)(C(F)(F)F)C2C=CC1C2. The second-order valence-electron chi connectivity index (χ2n) is 4.68. The van der Waals surface area contributed by atoms with E-state index in [1.165, 1.54) is 19.9 Å². The predicted molar refractivity (Wildman–Crippen MR) is 45.8 cm³/mol. The van der Waals surface area contributed by atoms with Gasteiger partial charge in [-0.05, 0) is 20.3 Å². The zero-order valence-corrected chi connectivity index (χ0v) is 8.44. The number of halogens is 4. The summed E-state index contributed by atoms with van der Waals surface area (Å²) in [6, 6.07) is 0. The van der Waals surface area contributed by atoms with Gasteiger partial charge in [-0.15, -0.1) is 0 Å². The molecule has 0 aromatic rings. The van der Waals surface area contributed by atoms with Crippen molar-refractivity contribution in [2.24, 2.45) is 11.8 Å². The van der Waals surface area contributed by atoms with E-state index in [4.69, 9.17) is 0 Å². The van der Waals surface area contributed by atoms with Crippen molar-refractivity contribution in [2.75, 3.05) is 0 Å². The van der Waals surface area contributed by atoms with Crippen molar-refractivity contribution in [3.8, 4) is 0 Å². The smallest absolute Gasteiger partial charge is 0.332 e. The number of ether oxygens (including phenoxy) is 1. The van der Waals surface area contributed by atoms with Crippen LogP contribution in [0, 0.1) is 11.8 Å². The largest absolute Gasteiger partial charge is 0.448 e. The van der Waals surface area contributed by atoms with E-state index in [0.29, 0.717) is 0 Å². The van der Waals surface area contributed by atoms with E-state index in [9.17, 15) is 17.6 Å². The van der Waals surface area contributed by atoms with E-state index in [-0.39, 0.29) is 12.3 Å². The van der Waals surface area contributed by atoms with E-state index in [1.807, 2.05) is 0 Å². The van der Waals surface area contributed by atoms with Crippen LogP contribution < -0.4 is 0 Å². The first-order valence-corrected chi connectivity index (χ1v) is 4.81. The van der Waals surface area contributed by atoms with Gasteiger partial charge >= 0.3 is 12.0 Å². The Labute approximate surface area is 85.1 Å². The van der Waals surface area contributed by atoms with Gasteiger partial charge in [0.25, 0.3) is 0 Å². The lowest BCUT2D eigenvalue weighted by molar-refractivity contribution is -0.389. The number of rotatable bonds is 0. The molecule has 86 valence electrons. The van der Waals surface area contributed by atoms with Crippen molar-refractivity contribution < 1.29 is 22.3 Å². The fourth-order valence-corrected chi connectivity index (χ4v) is 2.29. The molecule has 1 nitrogen and oxygen atoms in total. The topological polar surface area (TPSA) is 9.23 Å². The number of hydrogen-bond acceptors (Lipinski definition) is 1. The van der Waals surface area contributed by atoms with Crippen LogP contribution in [-0.4, -0.2) is 17.6 Å². The average molecular weight is 224 g/mol. The molecular formula is C10H12F4O. The molecule has 0 aromatic heterocycles. The molecule has 0 amide bonds. The molecule has 2 bridgehead atoms. The molecule has 0 radical (unpaired) electrons. The quantitative estimate of drug-likeness (QED) is 0.453. The molecular weight excluding hydrogens is 212 g/mol. The molecule has 15 heavy (non-hydrogen) atoms. The lowest BCUT2D eigenvalue weighted by atomic mass is 9.82. The fraction of sp³-hybridized carbons (Fsp3) is 0.800. The van der Waals surface area contributed by atoms with Gasteiger partial charge in [-0.25, -0.2) is 4.39 Å². The van der Waals surface area contributed by atoms with Crippen molar-refractivity contribution in [3.63, 3.8) is 0 Å². The van der Waals surface area contributed by atoms with Crippen molar-refractivity contribution >= 4 is 0 Å². The van der Waals surface area contributed by atoms with Gasteiger partial charge < -0.3 is 4.74 Å². The molecule has 2 aliphatic rings. The Morgan fingerprint density at radius 1 is 1.20 bits per heavy atom. The van der Waals surface area contributed by atoms with Crippen LogP contribution in [0.15, 0.2) is 12.2 Å². The van der Waals surface area contributed by atoms with E-state index in [1.54, 1.807) is 6.08 Å². The summed E-state index contributed by atoms with van der Waals surface area (Å²) in [7, 11) is 0. The Morgan fingerprint density at radius 3 is 2.27 bits per heavy atom. The Balaban J connectivity index is 2.39. The highest BCUT2D eigenvalue weighted by atomic mass is 19.4. The molecule has 1 saturated heterocycles. The van der Waals surface area contributed by atoms with Crippen LogP contribution in [0.3, 0.4) is 0 Å². The molecule has 0 saturated carbocycles. The third kappa shape index (κ3) is 1.40. The summed E-state index contributed by atoms with van der Waals surface area (Å²) in [4.78, 5) is 0. The molecule has 1 fully saturated rings. The number of alkyl halides is 4. The van der Waals surface area contributed by atoms with Crippen LogP contribution in [-0.2, 0) is 4.74 Å². The standard InChI is InChI=1S/C10H12F4O/c1-8(2)6-3-4-7(5-6)9(11,15-8)10(12,13)14/h3-4,6-7H,5H2,1-2H3. The Morgan fingerprint density at radius 2 is 1.73 bits per heavy atom. The van der Waals surface area contributed by atoms with Gasteiger partial charge in [0.15, 0.2) is 0 Å². The molecule has 0 aromatic carbocycles. The van der Waals surface area contributed by atoms with Gasteiger partial charge in [0.2, 0.25) is 0 Å². The zero-order chi connectivity index (χ0) is 11.5. The van der Waals surface area contributed by atoms with Crippen molar-refractivity contribution in [1.29, 1.82) is 0 Å². The third-order valence-corrected chi connectivity index (χ3v) is 3.25. The second kappa shape index (κ2) is 2.75. The maximum absolute atomic E-state index is 13.9. The Bertz CT molecular complexity index is 307. The summed E-state index contributed by atoms with van der Waals surface area (Å²) in [6.45, 7) is 2.98. The van der Waals surface area contributed by atoms with Crippen LogP contribution >= 0.6 is 0 Å². The highest BCUT2D eigenvalue weighted by molar-refractivity contribution is 5.16. The molecule has 0 spiro atoms. The van der Waals surface area contributed by atoms with Crippen molar-refractivity contribution in [1.82, 2.24) is 0 Å². The number of hydrogen-bond donors (Lipinski definition) is 0. The maximum atomic E-state index is 13.9. The first-order chi connectivity index (χ1) is 6.67. The summed E-state index contributed by atoms with van der Waals surface area (Å²) in [5, 5.41) is 0. The monoisotopic (exact) mass is 224 g/mol. The van der Waals surface area contributed by atoms with Gasteiger partial charge in [-0.1, -0.05) is 12.2 Å². The Hall–Kier alpha value is -0.580. The fourth-order valence-electron chi connectivity index (χ4n) is 2.29. The van der Waals surface area contributed by atoms with Crippen LogP contribution in [0.1, 0.15) is 20.3 Å². The summed E-state index contributed by atoms with van der Waals surface area (Å²) in [6.07, 6.45) is -1.90. The molecule has 1 aliphatic carbocycles. The van der Waals surface area contributed by atoms with Crippen LogP contribution in [0.2, 0.25) is 0 Å². The normalized spacial score (nSPS) is 43.3. The Kier molecular flexibility index (Phi) is 2.00. The van der Waals surface area contributed by atoms with Gasteiger partial charge in [0, 0.05) is 11.8 Å².